The molecule has 0 heterocycles. The standard InChI is InChI=1S/C22H18IN3O7/c1-31-21-11-17(12-24-33-14-16-5-3-7-19(9-16)26(29)30)10-20(23)22(21)32-13-15-4-2-6-18(8-15)25(27)28/h2-12H,13-14H2,1H3/b24-12-. The van der Waals surface area contributed by atoms with Crippen molar-refractivity contribution in [3.05, 3.63) is 101 Å². The molecule has 0 atom stereocenters. The molecule has 3 aromatic rings. The van der Waals surface area contributed by atoms with Crippen molar-refractivity contribution < 1.29 is 24.2 Å². The number of oxime groups is 1. The zero-order valence-corrected chi connectivity index (χ0v) is 19.5. The van der Waals surface area contributed by atoms with Crippen LogP contribution in [-0.4, -0.2) is 23.2 Å². The maximum absolute atomic E-state index is 10.9. The minimum Gasteiger partial charge on any atom is -0.493 e. The highest BCUT2D eigenvalue weighted by Crippen LogP contribution is 2.34. The lowest BCUT2D eigenvalue weighted by molar-refractivity contribution is -0.385. The topological polar surface area (TPSA) is 126 Å². The summed E-state index contributed by atoms with van der Waals surface area (Å²) in [4.78, 5) is 26.1. The van der Waals surface area contributed by atoms with E-state index in [1.165, 1.54) is 37.6 Å². The van der Waals surface area contributed by atoms with E-state index in [0.717, 1.165) is 3.57 Å². The third-order valence-electron chi connectivity index (χ3n) is 4.39. The van der Waals surface area contributed by atoms with E-state index < -0.39 is 9.85 Å². The first kappa shape index (κ1) is 23.9. The van der Waals surface area contributed by atoms with Crippen LogP contribution in [-0.2, 0) is 18.1 Å². The Hall–Kier alpha value is -3.74. The average molecular weight is 563 g/mol. The molecule has 3 aromatic carbocycles. The first-order chi connectivity index (χ1) is 15.9. The average Bonchev–Trinajstić information content (AvgIpc) is 2.81. The number of benzene rings is 3. The number of hydrogen-bond acceptors (Lipinski definition) is 8. The van der Waals surface area contributed by atoms with Crippen molar-refractivity contribution in [1.82, 2.24) is 0 Å². The zero-order chi connectivity index (χ0) is 23.8. The van der Waals surface area contributed by atoms with E-state index in [1.807, 2.05) is 6.07 Å². The Morgan fingerprint density at radius 3 is 2.12 bits per heavy atom. The number of methoxy groups -OCH3 is 1. The van der Waals surface area contributed by atoms with Gasteiger partial charge in [0.15, 0.2) is 11.5 Å². The number of halogens is 1. The second kappa shape index (κ2) is 11.2. The van der Waals surface area contributed by atoms with Crippen LogP contribution in [0, 0.1) is 23.8 Å². The molecule has 170 valence electrons. The summed E-state index contributed by atoms with van der Waals surface area (Å²) in [6.45, 7) is 0.213. The molecular formula is C22H18IN3O7. The Labute approximate surface area is 202 Å². The molecule has 0 amide bonds. The van der Waals surface area contributed by atoms with Crippen molar-refractivity contribution in [3.63, 3.8) is 0 Å². The molecule has 0 N–H and O–H groups in total. The van der Waals surface area contributed by atoms with Crippen LogP contribution in [0.3, 0.4) is 0 Å². The Bertz CT molecular complexity index is 1200. The molecule has 11 heteroatoms. The number of nitrogens with zero attached hydrogens (tertiary/aromatic N) is 3. The molecule has 0 aromatic heterocycles. The van der Waals surface area contributed by atoms with Crippen molar-refractivity contribution in [2.45, 2.75) is 13.2 Å². The Kier molecular flexibility index (Phi) is 8.13. The summed E-state index contributed by atoms with van der Waals surface area (Å²) in [6.07, 6.45) is 1.49. The predicted octanol–water partition coefficient (Wildman–Crippen LogP) is 5.25. The summed E-state index contributed by atoms with van der Waals surface area (Å²) in [5.41, 5.74) is 1.95. The fraction of sp³-hybridized carbons (Fsp3) is 0.136. The summed E-state index contributed by atoms with van der Waals surface area (Å²) in [5.74, 6) is 0.965. The van der Waals surface area contributed by atoms with Crippen molar-refractivity contribution in [1.29, 1.82) is 0 Å². The van der Waals surface area contributed by atoms with E-state index in [-0.39, 0.29) is 24.6 Å². The van der Waals surface area contributed by atoms with Crippen LogP contribution in [0.2, 0.25) is 0 Å². The Morgan fingerprint density at radius 1 is 0.939 bits per heavy atom. The van der Waals surface area contributed by atoms with Crippen molar-refractivity contribution in [3.8, 4) is 11.5 Å². The maximum atomic E-state index is 10.9. The van der Waals surface area contributed by atoms with Gasteiger partial charge in [0.05, 0.1) is 26.7 Å². The van der Waals surface area contributed by atoms with Gasteiger partial charge in [0.1, 0.15) is 13.2 Å². The summed E-state index contributed by atoms with van der Waals surface area (Å²) in [6, 6.07) is 15.9. The van der Waals surface area contributed by atoms with Gasteiger partial charge in [-0.1, -0.05) is 29.4 Å². The molecule has 0 fully saturated rings. The molecule has 0 bridgehead atoms. The van der Waals surface area contributed by atoms with E-state index in [0.29, 0.717) is 28.2 Å². The number of hydrogen-bond donors (Lipinski definition) is 0. The molecule has 10 nitrogen and oxygen atoms in total. The second-order valence-corrected chi connectivity index (χ2v) is 7.85. The van der Waals surface area contributed by atoms with E-state index in [4.69, 9.17) is 14.3 Å². The van der Waals surface area contributed by atoms with Gasteiger partial charge in [0.25, 0.3) is 11.4 Å². The van der Waals surface area contributed by atoms with Gasteiger partial charge in [-0.2, -0.15) is 0 Å². The third-order valence-corrected chi connectivity index (χ3v) is 5.19. The highest BCUT2D eigenvalue weighted by atomic mass is 127. The number of nitro benzene ring substituents is 2. The Morgan fingerprint density at radius 2 is 1.55 bits per heavy atom. The van der Waals surface area contributed by atoms with Crippen molar-refractivity contribution in [2.24, 2.45) is 5.16 Å². The van der Waals surface area contributed by atoms with Gasteiger partial charge >= 0.3 is 0 Å². The fourth-order valence-corrected chi connectivity index (χ4v) is 3.62. The van der Waals surface area contributed by atoms with E-state index in [1.54, 1.807) is 30.3 Å². The number of ether oxygens (including phenoxy) is 2. The highest BCUT2D eigenvalue weighted by Gasteiger charge is 2.13. The first-order valence-corrected chi connectivity index (χ1v) is 10.6. The van der Waals surface area contributed by atoms with Crippen LogP contribution in [0.4, 0.5) is 11.4 Å². The number of rotatable bonds is 10. The third kappa shape index (κ3) is 6.62. The lowest BCUT2D eigenvalue weighted by atomic mass is 10.2. The lowest BCUT2D eigenvalue weighted by Crippen LogP contribution is -2.01. The van der Waals surface area contributed by atoms with Crippen LogP contribution in [0.15, 0.2) is 65.8 Å². The van der Waals surface area contributed by atoms with E-state index >= 15 is 0 Å². The number of nitro groups is 2. The van der Waals surface area contributed by atoms with Crippen LogP contribution in [0.25, 0.3) is 0 Å². The number of non-ortho nitro benzene ring substituents is 2. The summed E-state index contributed by atoms with van der Waals surface area (Å²) < 4.78 is 12.0. The normalized spacial score (nSPS) is 10.7. The fourth-order valence-electron chi connectivity index (χ4n) is 2.84. The van der Waals surface area contributed by atoms with Crippen molar-refractivity contribution in [2.75, 3.05) is 7.11 Å². The molecule has 0 unspecified atom stereocenters. The van der Waals surface area contributed by atoms with Crippen LogP contribution in [0.1, 0.15) is 16.7 Å². The summed E-state index contributed by atoms with van der Waals surface area (Å²) in [7, 11) is 1.51. The molecule has 0 aliphatic rings. The van der Waals surface area contributed by atoms with Crippen LogP contribution < -0.4 is 9.47 Å². The quantitative estimate of drug-likeness (QED) is 0.143. The monoisotopic (exact) mass is 563 g/mol. The van der Waals surface area contributed by atoms with E-state index in [9.17, 15) is 20.2 Å². The van der Waals surface area contributed by atoms with Gasteiger partial charge in [-0.25, -0.2) is 0 Å². The molecule has 0 aliphatic heterocycles. The van der Waals surface area contributed by atoms with Gasteiger partial charge in [-0.15, -0.1) is 0 Å². The van der Waals surface area contributed by atoms with Gasteiger partial charge in [-0.05, 0) is 45.9 Å². The van der Waals surface area contributed by atoms with Crippen LogP contribution in [0.5, 0.6) is 11.5 Å². The molecule has 0 aliphatic carbocycles. The van der Waals surface area contributed by atoms with Crippen LogP contribution >= 0.6 is 22.6 Å². The Balaban J connectivity index is 1.66. The minimum atomic E-state index is -0.469. The largest absolute Gasteiger partial charge is 0.493 e. The highest BCUT2D eigenvalue weighted by molar-refractivity contribution is 14.1. The predicted molar refractivity (Wildman–Crippen MR) is 129 cm³/mol. The molecular weight excluding hydrogens is 545 g/mol. The van der Waals surface area contributed by atoms with Gasteiger partial charge in [0, 0.05) is 29.8 Å². The smallest absolute Gasteiger partial charge is 0.269 e. The first-order valence-electron chi connectivity index (χ1n) is 9.49. The van der Waals surface area contributed by atoms with Crippen molar-refractivity contribution >= 4 is 40.2 Å². The summed E-state index contributed by atoms with van der Waals surface area (Å²) in [5, 5.41) is 25.7. The molecule has 0 spiro atoms. The summed E-state index contributed by atoms with van der Waals surface area (Å²) >= 11 is 2.10. The van der Waals surface area contributed by atoms with Gasteiger partial charge in [0.2, 0.25) is 0 Å². The molecule has 33 heavy (non-hydrogen) atoms. The van der Waals surface area contributed by atoms with Gasteiger partial charge < -0.3 is 14.3 Å². The SMILES string of the molecule is COc1cc(/C=N\OCc2cccc([N+](=O)[O-])c2)cc(I)c1OCc1cccc([N+](=O)[O-])c1. The molecule has 3 rings (SSSR count). The molecule has 0 saturated heterocycles. The van der Waals surface area contributed by atoms with E-state index in [2.05, 4.69) is 27.7 Å². The second-order valence-electron chi connectivity index (χ2n) is 6.68. The van der Waals surface area contributed by atoms with Gasteiger partial charge in [-0.3, -0.25) is 20.2 Å². The minimum absolute atomic E-state index is 0.00516. The molecule has 0 radical (unpaired) electrons. The zero-order valence-electron chi connectivity index (χ0n) is 17.3. The molecule has 0 saturated carbocycles. The lowest BCUT2D eigenvalue weighted by Gasteiger charge is -2.13. The maximum Gasteiger partial charge on any atom is 0.269 e.